The maximum absolute atomic E-state index is 11.6. The van der Waals surface area contributed by atoms with E-state index in [0.29, 0.717) is 5.70 Å². The number of phenolic OH excluding ortho intramolecular Hbond substituents is 1. The number of para-hydroxylation sites is 1. The van der Waals surface area contributed by atoms with Gasteiger partial charge in [0, 0.05) is 5.70 Å². The molecule has 2 N–H and O–H groups in total. The Kier molecular flexibility index (Phi) is 3.83. The van der Waals surface area contributed by atoms with E-state index in [2.05, 4.69) is 5.32 Å². The molecule has 0 bridgehead atoms. The van der Waals surface area contributed by atoms with Gasteiger partial charge in [-0.05, 0) is 32.1 Å². The molecule has 16 heavy (non-hydrogen) atoms. The van der Waals surface area contributed by atoms with Gasteiger partial charge in [0.2, 0.25) is 0 Å². The molecule has 0 spiro atoms. The Hall–Kier alpha value is -2.10. The van der Waals surface area contributed by atoms with Crippen LogP contribution in [0.5, 0.6) is 5.75 Å². The highest BCUT2D eigenvalue weighted by atomic mass is 16.3. The van der Waals surface area contributed by atoms with Crippen LogP contribution in [0.4, 0.5) is 0 Å². The van der Waals surface area contributed by atoms with Gasteiger partial charge in [-0.2, -0.15) is 0 Å². The minimum atomic E-state index is -0.437. The second-order valence-corrected chi connectivity index (χ2v) is 3.41. The smallest absolute Gasteiger partial charge is 0.259 e. The lowest BCUT2D eigenvalue weighted by Gasteiger charge is -2.06. The summed E-state index contributed by atoms with van der Waals surface area (Å²) in [5, 5.41) is 11.9. The molecule has 0 unspecified atom stereocenters. The van der Waals surface area contributed by atoms with Crippen molar-refractivity contribution in [3.63, 3.8) is 0 Å². The number of aromatic hydroxyl groups is 1. The second-order valence-electron chi connectivity index (χ2n) is 3.41. The molecule has 84 valence electrons. The van der Waals surface area contributed by atoms with Gasteiger partial charge in [0.15, 0.2) is 5.78 Å². The number of nitrogens with one attached hydrogen (secondary N) is 1. The third kappa shape index (κ3) is 3.24. The summed E-state index contributed by atoms with van der Waals surface area (Å²) in [7, 11) is 0. The molecule has 0 aliphatic rings. The molecule has 0 atom stereocenters. The summed E-state index contributed by atoms with van der Waals surface area (Å²) in [6.07, 6.45) is 1.32. The van der Waals surface area contributed by atoms with E-state index in [9.17, 15) is 14.7 Å². The van der Waals surface area contributed by atoms with Gasteiger partial charge in [-0.15, -0.1) is 0 Å². The molecule has 0 aliphatic carbocycles. The Bertz CT molecular complexity index is 449. The second kappa shape index (κ2) is 5.11. The van der Waals surface area contributed by atoms with Crippen LogP contribution in [0.3, 0.4) is 0 Å². The highest BCUT2D eigenvalue weighted by Gasteiger charge is 2.09. The fourth-order valence-electron chi connectivity index (χ4n) is 1.25. The summed E-state index contributed by atoms with van der Waals surface area (Å²) in [4.78, 5) is 22.4. The van der Waals surface area contributed by atoms with Crippen molar-refractivity contribution in [3.05, 3.63) is 41.6 Å². The first-order valence-corrected chi connectivity index (χ1v) is 4.79. The molecule has 0 fully saturated rings. The van der Waals surface area contributed by atoms with Crippen LogP contribution in [-0.4, -0.2) is 16.8 Å². The first-order valence-electron chi connectivity index (χ1n) is 4.79. The van der Waals surface area contributed by atoms with Crippen LogP contribution in [-0.2, 0) is 4.79 Å². The van der Waals surface area contributed by atoms with Crippen molar-refractivity contribution < 1.29 is 14.7 Å². The first-order chi connectivity index (χ1) is 7.50. The van der Waals surface area contributed by atoms with E-state index < -0.39 is 5.91 Å². The summed E-state index contributed by atoms with van der Waals surface area (Å²) in [6.45, 7) is 3.01. The molecule has 0 aliphatic heterocycles. The molecule has 0 saturated carbocycles. The molecule has 0 heterocycles. The molecular weight excluding hydrogens is 206 g/mol. The zero-order valence-corrected chi connectivity index (χ0v) is 9.15. The van der Waals surface area contributed by atoms with Crippen LogP contribution in [0.15, 0.2) is 36.0 Å². The van der Waals surface area contributed by atoms with E-state index in [4.69, 9.17) is 0 Å². The van der Waals surface area contributed by atoms with Crippen molar-refractivity contribution in [2.75, 3.05) is 0 Å². The van der Waals surface area contributed by atoms with Gasteiger partial charge in [0.1, 0.15) is 5.75 Å². The summed E-state index contributed by atoms with van der Waals surface area (Å²) in [6, 6.07) is 6.22. The quantitative estimate of drug-likeness (QED) is 0.759. The van der Waals surface area contributed by atoms with Crippen LogP contribution in [0.2, 0.25) is 0 Å². The SMILES string of the molecule is CC(=O)C=C(C)NC(=O)c1ccccc1O. The molecule has 1 rings (SSSR count). The molecule has 0 aromatic heterocycles. The molecule has 1 aromatic rings. The van der Waals surface area contributed by atoms with Crippen molar-refractivity contribution in [3.8, 4) is 5.75 Å². The van der Waals surface area contributed by atoms with Crippen molar-refractivity contribution in [1.29, 1.82) is 0 Å². The number of rotatable bonds is 3. The molecule has 1 amide bonds. The van der Waals surface area contributed by atoms with E-state index in [1.165, 1.54) is 25.1 Å². The third-order valence-electron chi connectivity index (χ3n) is 1.88. The van der Waals surface area contributed by atoms with Crippen LogP contribution in [0.1, 0.15) is 24.2 Å². The lowest BCUT2D eigenvalue weighted by atomic mass is 10.2. The third-order valence-corrected chi connectivity index (χ3v) is 1.88. The Morgan fingerprint density at radius 2 is 1.88 bits per heavy atom. The van der Waals surface area contributed by atoms with Crippen LogP contribution >= 0.6 is 0 Å². The van der Waals surface area contributed by atoms with Gasteiger partial charge in [-0.1, -0.05) is 12.1 Å². The van der Waals surface area contributed by atoms with E-state index in [-0.39, 0.29) is 17.1 Å². The largest absolute Gasteiger partial charge is 0.507 e. The first kappa shape index (κ1) is 12.0. The van der Waals surface area contributed by atoms with Gasteiger partial charge >= 0.3 is 0 Å². The Morgan fingerprint density at radius 1 is 1.25 bits per heavy atom. The van der Waals surface area contributed by atoms with E-state index in [1.54, 1.807) is 19.1 Å². The van der Waals surface area contributed by atoms with Gasteiger partial charge in [-0.3, -0.25) is 9.59 Å². The predicted octanol–water partition coefficient (Wildman–Crippen LogP) is 1.61. The highest BCUT2D eigenvalue weighted by molar-refractivity contribution is 5.98. The van der Waals surface area contributed by atoms with Gasteiger partial charge in [0.25, 0.3) is 5.91 Å². The monoisotopic (exact) mass is 219 g/mol. The molecular formula is C12H13NO3. The minimum Gasteiger partial charge on any atom is -0.507 e. The summed E-state index contributed by atoms with van der Waals surface area (Å²) in [5.41, 5.74) is 0.625. The Balaban J connectivity index is 2.81. The molecule has 4 nitrogen and oxygen atoms in total. The van der Waals surface area contributed by atoms with Crippen molar-refractivity contribution >= 4 is 11.7 Å². The van der Waals surface area contributed by atoms with Crippen LogP contribution in [0.25, 0.3) is 0 Å². The van der Waals surface area contributed by atoms with Crippen molar-refractivity contribution in [1.82, 2.24) is 5.32 Å². The zero-order chi connectivity index (χ0) is 12.1. The van der Waals surface area contributed by atoms with E-state index >= 15 is 0 Å². The summed E-state index contributed by atoms with van der Waals surface area (Å²) < 4.78 is 0. The lowest BCUT2D eigenvalue weighted by Crippen LogP contribution is -2.21. The maximum atomic E-state index is 11.6. The van der Waals surface area contributed by atoms with E-state index in [1.807, 2.05) is 0 Å². The Labute approximate surface area is 93.6 Å². The maximum Gasteiger partial charge on any atom is 0.259 e. The van der Waals surface area contributed by atoms with Crippen LogP contribution < -0.4 is 5.32 Å². The predicted molar refractivity (Wildman–Crippen MR) is 60.0 cm³/mol. The number of allylic oxidation sites excluding steroid dienone is 2. The van der Waals surface area contributed by atoms with Gasteiger partial charge in [-0.25, -0.2) is 0 Å². The normalized spacial score (nSPS) is 11.0. The van der Waals surface area contributed by atoms with Gasteiger partial charge < -0.3 is 10.4 Å². The van der Waals surface area contributed by atoms with Crippen LogP contribution in [0, 0.1) is 0 Å². The topological polar surface area (TPSA) is 66.4 Å². The number of benzene rings is 1. The number of amides is 1. The average molecular weight is 219 g/mol. The highest BCUT2D eigenvalue weighted by Crippen LogP contribution is 2.15. The summed E-state index contributed by atoms with van der Waals surface area (Å²) >= 11 is 0. The number of ketones is 1. The number of hydrogen-bond acceptors (Lipinski definition) is 3. The molecule has 4 heteroatoms. The summed E-state index contributed by atoms with van der Waals surface area (Å²) in [5.74, 6) is -0.668. The number of phenols is 1. The van der Waals surface area contributed by atoms with Gasteiger partial charge in [0.05, 0.1) is 5.56 Å². The van der Waals surface area contributed by atoms with Crippen molar-refractivity contribution in [2.45, 2.75) is 13.8 Å². The number of carbonyl (C=O) groups excluding carboxylic acids is 2. The standard InChI is InChI=1S/C12H13NO3/c1-8(7-9(2)14)13-12(16)10-5-3-4-6-11(10)15/h3-7,15H,1-2H3,(H,13,16). The number of hydrogen-bond donors (Lipinski definition) is 2. The van der Waals surface area contributed by atoms with E-state index in [0.717, 1.165) is 0 Å². The molecule has 0 saturated heterocycles. The zero-order valence-electron chi connectivity index (χ0n) is 9.15. The fourth-order valence-corrected chi connectivity index (χ4v) is 1.25. The Morgan fingerprint density at radius 3 is 2.44 bits per heavy atom. The van der Waals surface area contributed by atoms with Crippen molar-refractivity contribution in [2.24, 2.45) is 0 Å². The number of carbonyl (C=O) groups is 2. The fraction of sp³-hybridized carbons (Fsp3) is 0.167. The molecule has 1 aromatic carbocycles. The minimum absolute atomic E-state index is 0.0874. The molecule has 0 radical (unpaired) electrons. The average Bonchev–Trinajstić information content (AvgIpc) is 2.16. The lowest BCUT2D eigenvalue weighted by molar-refractivity contribution is -0.112.